The number of amides is 1. The van der Waals surface area contributed by atoms with Crippen LogP contribution in [0.3, 0.4) is 0 Å². The van der Waals surface area contributed by atoms with Crippen molar-refractivity contribution in [2.75, 3.05) is 11.9 Å². The van der Waals surface area contributed by atoms with E-state index < -0.39 is 0 Å². The Morgan fingerprint density at radius 2 is 1.60 bits per heavy atom. The highest BCUT2D eigenvalue weighted by atomic mass is 16.5. The molecule has 0 radical (unpaired) electrons. The zero-order valence-electron chi connectivity index (χ0n) is 13.4. The minimum absolute atomic E-state index is 0.00596. The van der Waals surface area contributed by atoms with Gasteiger partial charge < -0.3 is 19.9 Å². The van der Waals surface area contributed by atoms with Gasteiger partial charge in [-0.05, 0) is 36.4 Å². The maximum atomic E-state index is 12.0. The molecule has 0 atom stereocenters. The number of para-hydroxylation sites is 3. The van der Waals surface area contributed by atoms with Crippen LogP contribution in [-0.2, 0) is 4.79 Å². The number of anilines is 1. The fourth-order valence-corrected chi connectivity index (χ4v) is 2.18. The molecular weight excluding hydrogens is 318 g/mol. The van der Waals surface area contributed by atoms with Gasteiger partial charge in [0.1, 0.15) is 11.5 Å². The molecule has 5 heteroatoms. The molecule has 3 aromatic rings. The second kappa shape index (κ2) is 7.88. The van der Waals surface area contributed by atoms with Crippen LogP contribution in [0.25, 0.3) is 0 Å². The number of carbonyl (C=O) groups is 1. The molecule has 0 unspecified atom stereocenters. The van der Waals surface area contributed by atoms with Crippen molar-refractivity contribution >= 4 is 11.6 Å². The zero-order chi connectivity index (χ0) is 17.5. The van der Waals surface area contributed by atoms with Gasteiger partial charge in [0.05, 0.1) is 0 Å². The van der Waals surface area contributed by atoms with Crippen LogP contribution < -0.4 is 14.8 Å². The van der Waals surface area contributed by atoms with Crippen molar-refractivity contribution in [1.82, 2.24) is 0 Å². The van der Waals surface area contributed by atoms with Crippen molar-refractivity contribution < 1.29 is 19.4 Å². The summed E-state index contributed by atoms with van der Waals surface area (Å²) in [4.78, 5) is 12.0. The topological polar surface area (TPSA) is 67.8 Å². The van der Waals surface area contributed by atoms with Gasteiger partial charge in [0, 0.05) is 11.8 Å². The highest BCUT2D eigenvalue weighted by Gasteiger charge is 2.07. The van der Waals surface area contributed by atoms with Gasteiger partial charge in [-0.3, -0.25) is 4.79 Å². The predicted molar refractivity (Wildman–Crippen MR) is 95.2 cm³/mol. The van der Waals surface area contributed by atoms with E-state index in [4.69, 9.17) is 9.47 Å². The minimum Gasteiger partial charge on any atom is -0.504 e. The molecule has 25 heavy (non-hydrogen) atoms. The highest BCUT2D eigenvalue weighted by Crippen LogP contribution is 2.25. The summed E-state index contributed by atoms with van der Waals surface area (Å²) in [5, 5.41) is 12.3. The molecule has 0 aromatic heterocycles. The molecule has 0 saturated heterocycles. The van der Waals surface area contributed by atoms with Crippen LogP contribution in [0.15, 0.2) is 78.9 Å². The number of ether oxygens (including phenoxy) is 2. The first kappa shape index (κ1) is 16.4. The Morgan fingerprint density at radius 3 is 2.40 bits per heavy atom. The number of rotatable bonds is 6. The zero-order valence-corrected chi connectivity index (χ0v) is 13.4. The van der Waals surface area contributed by atoms with Crippen LogP contribution in [-0.4, -0.2) is 17.6 Å². The molecule has 0 fully saturated rings. The lowest BCUT2D eigenvalue weighted by atomic mass is 10.3. The first-order chi connectivity index (χ1) is 12.2. The lowest BCUT2D eigenvalue weighted by molar-refractivity contribution is -0.118. The molecule has 3 aromatic carbocycles. The second-order valence-corrected chi connectivity index (χ2v) is 5.25. The maximum absolute atomic E-state index is 12.0. The van der Waals surface area contributed by atoms with Gasteiger partial charge in [0.25, 0.3) is 5.91 Å². The Bertz CT molecular complexity index is 849. The van der Waals surface area contributed by atoms with Crippen molar-refractivity contribution in [3.8, 4) is 23.0 Å². The molecule has 0 spiro atoms. The van der Waals surface area contributed by atoms with Gasteiger partial charge in [0.2, 0.25) is 0 Å². The molecule has 3 rings (SSSR count). The highest BCUT2D eigenvalue weighted by molar-refractivity contribution is 5.92. The van der Waals surface area contributed by atoms with Crippen molar-refractivity contribution in [3.63, 3.8) is 0 Å². The van der Waals surface area contributed by atoms with Gasteiger partial charge >= 0.3 is 0 Å². The van der Waals surface area contributed by atoms with Gasteiger partial charge in [0.15, 0.2) is 18.1 Å². The lowest BCUT2D eigenvalue weighted by Gasteiger charge is -2.10. The summed E-state index contributed by atoms with van der Waals surface area (Å²) in [7, 11) is 0. The second-order valence-electron chi connectivity index (χ2n) is 5.25. The average Bonchev–Trinajstić information content (AvgIpc) is 2.62. The Hall–Kier alpha value is -3.47. The number of phenols is 1. The van der Waals surface area contributed by atoms with E-state index in [2.05, 4.69) is 5.32 Å². The number of nitrogens with one attached hydrogen (secondary N) is 1. The summed E-state index contributed by atoms with van der Waals surface area (Å²) in [5.74, 6) is 1.26. The lowest BCUT2D eigenvalue weighted by Crippen LogP contribution is -2.20. The van der Waals surface area contributed by atoms with Crippen molar-refractivity contribution in [1.29, 1.82) is 0 Å². The molecule has 0 aliphatic carbocycles. The number of phenolic OH excluding ortho intramolecular Hbond substituents is 1. The first-order valence-electron chi connectivity index (χ1n) is 7.74. The fourth-order valence-electron chi connectivity index (χ4n) is 2.18. The third-order valence-electron chi connectivity index (χ3n) is 3.32. The Labute approximate surface area is 145 Å². The Balaban J connectivity index is 1.58. The predicted octanol–water partition coefficient (Wildman–Crippen LogP) is 4.20. The summed E-state index contributed by atoms with van der Waals surface area (Å²) in [6.45, 7) is -0.207. The summed E-state index contributed by atoms with van der Waals surface area (Å²) in [5.41, 5.74) is 0.597. The molecule has 0 bridgehead atoms. The molecule has 1 amide bonds. The van der Waals surface area contributed by atoms with Crippen LogP contribution in [0.1, 0.15) is 0 Å². The smallest absolute Gasteiger partial charge is 0.262 e. The number of hydrogen-bond donors (Lipinski definition) is 2. The van der Waals surface area contributed by atoms with Crippen LogP contribution in [0, 0.1) is 0 Å². The number of benzene rings is 3. The molecule has 0 aliphatic heterocycles. The van der Waals surface area contributed by atoms with Crippen molar-refractivity contribution in [3.05, 3.63) is 78.9 Å². The fraction of sp³-hybridized carbons (Fsp3) is 0.0500. The number of aromatic hydroxyl groups is 1. The molecule has 126 valence electrons. The summed E-state index contributed by atoms with van der Waals surface area (Å²) in [6, 6.07) is 23.0. The average molecular weight is 335 g/mol. The van der Waals surface area contributed by atoms with Gasteiger partial charge in [-0.1, -0.05) is 36.4 Å². The van der Waals surface area contributed by atoms with E-state index in [0.717, 1.165) is 0 Å². The Kier molecular flexibility index (Phi) is 5.16. The van der Waals surface area contributed by atoms with Crippen LogP contribution in [0.5, 0.6) is 23.0 Å². The van der Waals surface area contributed by atoms with E-state index in [9.17, 15) is 9.90 Å². The largest absolute Gasteiger partial charge is 0.504 e. The molecule has 5 nitrogen and oxygen atoms in total. The van der Waals surface area contributed by atoms with E-state index in [-0.39, 0.29) is 24.0 Å². The Morgan fingerprint density at radius 1 is 0.880 bits per heavy atom. The first-order valence-corrected chi connectivity index (χ1v) is 7.74. The number of carbonyl (C=O) groups excluding carboxylic acids is 1. The van der Waals surface area contributed by atoms with Gasteiger partial charge in [-0.25, -0.2) is 0 Å². The minimum atomic E-state index is -0.333. The number of hydrogen-bond acceptors (Lipinski definition) is 4. The third kappa shape index (κ3) is 4.75. The SMILES string of the molecule is O=C(COc1ccccc1O)Nc1cccc(Oc2ccccc2)c1. The summed E-state index contributed by atoms with van der Waals surface area (Å²) >= 11 is 0. The molecule has 2 N–H and O–H groups in total. The van der Waals surface area contributed by atoms with E-state index in [0.29, 0.717) is 17.2 Å². The van der Waals surface area contributed by atoms with Gasteiger partial charge in [-0.2, -0.15) is 0 Å². The van der Waals surface area contributed by atoms with Crippen LogP contribution >= 0.6 is 0 Å². The van der Waals surface area contributed by atoms with Crippen LogP contribution in [0.2, 0.25) is 0 Å². The summed E-state index contributed by atoms with van der Waals surface area (Å²) < 4.78 is 11.0. The summed E-state index contributed by atoms with van der Waals surface area (Å²) in [6.07, 6.45) is 0. The normalized spacial score (nSPS) is 10.1. The van der Waals surface area contributed by atoms with Crippen molar-refractivity contribution in [2.45, 2.75) is 0 Å². The van der Waals surface area contributed by atoms with E-state index in [1.807, 2.05) is 30.3 Å². The van der Waals surface area contributed by atoms with E-state index in [1.54, 1.807) is 42.5 Å². The molecule has 0 saturated carbocycles. The molecule has 0 aliphatic rings. The monoisotopic (exact) mass is 335 g/mol. The third-order valence-corrected chi connectivity index (χ3v) is 3.32. The maximum Gasteiger partial charge on any atom is 0.262 e. The van der Waals surface area contributed by atoms with Crippen LogP contribution in [0.4, 0.5) is 5.69 Å². The van der Waals surface area contributed by atoms with E-state index >= 15 is 0 Å². The quantitative estimate of drug-likeness (QED) is 0.708. The molecular formula is C20H17NO4. The molecule has 0 heterocycles. The van der Waals surface area contributed by atoms with Gasteiger partial charge in [-0.15, -0.1) is 0 Å². The standard InChI is InChI=1S/C20H17NO4/c22-18-11-4-5-12-19(18)24-14-20(23)21-15-7-6-10-17(13-15)25-16-8-2-1-3-9-16/h1-13,22H,14H2,(H,21,23). The van der Waals surface area contributed by atoms with E-state index in [1.165, 1.54) is 6.07 Å². The van der Waals surface area contributed by atoms with Crippen molar-refractivity contribution in [2.24, 2.45) is 0 Å².